The van der Waals surface area contributed by atoms with Gasteiger partial charge in [0.15, 0.2) is 0 Å². The number of aliphatic imine (C=N–C) groups is 1. The average molecular weight is 130 g/mol. The molecule has 1 heterocycles. The van der Waals surface area contributed by atoms with Crippen LogP contribution in [-0.4, -0.2) is 29.0 Å². The number of nitro groups is 1. The zero-order valence-electron chi connectivity index (χ0n) is 4.65. The lowest BCUT2D eigenvalue weighted by atomic mass is 10.7. The van der Waals surface area contributed by atoms with Gasteiger partial charge in [-0.25, -0.2) is 0 Å². The Bertz CT molecular complexity index is 165. The third-order valence-electron chi connectivity index (χ3n) is 1.01. The summed E-state index contributed by atoms with van der Waals surface area (Å²) in [5.74, 6) is 4.90. The fraction of sp³-hybridized carbons (Fsp3) is 0.667. The SMILES string of the molecule is NN1CCN=C1[N+](=O)[O-]. The maximum Gasteiger partial charge on any atom is 0.441 e. The summed E-state index contributed by atoms with van der Waals surface area (Å²) in [7, 11) is 0. The van der Waals surface area contributed by atoms with Gasteiger partial charge in [0.25, 0.3) is 0 Å². The number of hydrogen-bond donors (Lipinski definition) is 1. The smallest absolute Gasteiger partial charge is 0.390 e. The molecule has 6 heteroatoms. The minimum Gasteiger partial charge on any atom is -0.390 e. The molecule has 6 nitrogen and oxygen atoms in total. The highest BCUT2D eigenvalue weighted by Gasteiger charge is 2.24. The number of hydrogen-bond acceptors (Lipinski definition) is 5. The molecule has 0 aromatic rings. The van der Waals surface area contributed by atoms with E-state index < -0.39 is 4.92 Å². The van der Waals surface area contributed by atoms with Gasteiger partial charge < -0.3 is 10.1 Å². The highest BCUT2D eigenvalue weighted by molar-refractivity contribution is 5.72. The first-order valence-corrected chi connectivity index (χ1v) is 2.43. The third kappa shape index (κ3) is 0.968. The van der Waals surface area contributed by atoms with Crippen molar-refractivity contribution in [2.45, 2.75) is 0 Å². The molecule has 0 fully saturated rings. The number of rotatable bonds is 0. The van der Waals surface area contributed by atoms with E-state index in [2.05, 4.69) is 4.99 Å². The van der Waals surface area contributed by atoms with Crippen LogP contribution in [0.4, 0.5) is 0 Å². The Balaban J connectivity index is 2.68. The van der Waals surface area contributed by atoms with Crippen molar-refractivity contribution < 1.29 is 4.92 Å². The van der Waals surface area contributed by atoms with Gasteiger partial charge in [-0.1, -0.05) is 0 Å². The van der Waals surface area contributed by atoms with Crippen LogP contribution >= 0.6 is 0 Å². The average Bonchev–Trinajstić information content (AvgIpc) is 2.13. The molecule has 0 aromatic carbocycles. The molecule has 1 aliphatic heterocycles. The summed E-state index contributed by atoms with van der Waals surface area (Å²) < 4.78 is 0. The molecule has 0 unspecified atom stereocenters. The molecular formula is C3H6N4O2. The maximum absolute atomic E-state index is 9.97. The summed E-state index contributed by atoms with van der Waals surface area (Å²) in [5.41, 5.74) is 0. The van der Waals surface area contributed by atoms with Gasteiger partial charge in [0, 0.05) is 0 Å². The highest BCUT2D eigenvalue weighted by atomic mass is 16.6. The lowest BCUT2D eigenvalue weighted by molar-refractivity contribution is -0.362. The molecule has 9 heavy (non-hydrogen) atoms. The molecule has 0 bridgehead atoms. The Hall–Kier alpha value is -1.17. The zero-order chi connectivity index (χ0) is 6.85. The number of nitrogens with zero attached hydrogens (tertiary/aromatic N) is 3. The molecule has 0 aliphatic carbocycles. The van der Waals surface area contributed by atoms with Crippen molar-refractivity contribution in [3.8, 4) is 0 Å². The molecule has 0 amide bonds. The minimum atomic E-state index is -0.590. The normalized spacial score (nSPS) is 17.9. The van der Waals surface area contributed by atoms with Crippen LogP contribution in [0, 0.1) is 10.1 Å². The Morgan fingerprint density at radius 1 is 1.89 bits per heavy atom. The van der Waals surface area contributed by atoms with Gasteiger partial charge in [-0.3, -0.25) is 0 Å². The number of guanidine groups is 1. The summed E-state index contributed by atoms with van der Waals surface area (Å²) in [6.07, 6.45) is 0. The fourth-order valence-corrected chi connectivity index (χ4v) is 0.611. The molecule has 0 atom stereocenters. The Morgan fingerprint density at radius 3 is 2.78 bits per heavy atom. The largest absolute Gasteiger partial charge is 0.441 e. The standard InChI is InChI=1S/C3H6N4O2/c4-6-2-1-5-3(6)7(8)9/h1-2,4H2. The van der Waals surface area contributed by atoms with Crippen molar-refractivity contribution in [2.24, 2.45) is 10.8 Å². The second-order valence-corrected chi connectivity index (χ2v) is 1.63. The monoisotopic (exact) mass is 130 g/mol. The molecule has 0 radical (unpaired) electrons. The van der Waals surface area contributed by atoms with Crippen LogP contribution < -0.4 is 5.84 Å². The first-order chi connectivity index (χ1) is 4.22. The lowest BCUT2D eigenvalue weighted by Crippen LogP contribution is -2.38. The van der Waals surface area contributed by atoms with Crippen molar-refractivity contribution in [2.75, 3.05) is 13.1 Å². The van der Waals surface area contributed by atoms with Crippen molar-refractivity contribution in [1.82, 2.24) is 5.01 Å². The van der Waals surface area contributed by atoms with Crippen LogP contribution in [0.15, 0.2) is 4.99 Å². The summed E-state index contributed by atoms with van der Waals surface area (Å²) in [5, 5.41) is 11.0. The van der Waals surface area contributed by atoms with Crippen LogP contribution in [0.5, 0.6) is 0 Å². The van der Waals surface area contributed by atoms with Gasteiger partial charge in [-0.15, -0.1) is 4.99 Å². The van der Waals surface area contributed by atoms with Gasteiger partial charge in [0.2, 0.25) is 0 Å². The first-order valence-electron chi connectivity index (χ1n) is 2.43. The van der Waals surface area contributed by atoms with Crippen LogP contribution in [0.3, 0.4) is 0 Å². The van der Waals surface area contributed by atoms with Crippen molar-refractivity contribution in [3.63, 3.8) is 0 Å². The molecule has 0 aromatic heterocycles. The van der Waals surface area contributed by atoms with Crippen LogP contribution in [0.2, 0.25) is 0 Å². The van der Waals surface area contributed by atoms with Gasteiger partial charge in [0.05, 0.1) is 0 Å². The van der Waals surface area contributed by atoms with E-state index in [4.69, 9.17) is 5.84 Å². The van der Waals surface area contributed by atoms with E-state index in [9.17, 15) is 10.1 Å². The van der Waals surface area contributed by atoms with Crippen LogP contribution in [-0.2, 0) is 0 Å². The summed E-state index contributed by atoms with van der Waals surface area (Å²) >= 11 is 0. The summed E-state index contributed by atoms with van der Waals surface area (Å²) in [6.45, 7) is 0.864. The maximum atomic E-state index is 9.97. The van der Waals surface area contributed by atoms with E-state index in [1.54, 1.807) is 0 Å². The van der Waals surface area contributed by atoms with Crippen molar-refractivity contribution in [3.05, 3.63) is 10.1 Å². The Kier molecular flexibility index (Phi) is 1.31. The Morgan fingerprint density at radius 2 is 2.56 bits per heavy atom. The molecule has 1 aliphatic rings. The van der Waals surface area contributed by atoms with Gasteiger partial charge >= 0.3 is 5.96 Å². The lowest BCUT2D eigenvalue weighted by Gasteiger charge is -2.02. The predicted octanol–water partition coefficient (Wildman–Crippen LogP) is -1.19. The molecule has 0 spiro atoms. The van der Waals surface area contributed by atoms with Crippen molar-refractivity contribution in [1.29, 1.82) is 0 Å². The molecular weight excluding hydrogens is 124 g/mol. The van der Waals surface area contributed by atoms with Crippen LogP contribution in [0.25, 0.3) is 0 Å². The van der Waals surface area contributed by atoms with E-state index in [1.807, 2.05) is 0 Å². The second kappa shape index (κ2) is 1.98. The van der Waals surface area contributed by atoms with Gasteiger partial charge in [0.1, 0.15) is 13.1 Å². The predicted molar refractivity (Wildman–Crippen MR) is 30.2 cm³/mol. The topological polar surface area (TPSA) is 84.8 Å². The molecule has 50 valence electrons. The molecule has 0 saturated carbocycles. The second-order valence-electron chi connectivity index (χ2n) is 1.63. The molecule has 2 N–H and O–H groups in total. The first kappa shape index (κ1) is 5.96. The summed E-state index contributed by atoms with van der Waals surface area (Å²) in [6, 6.07) is 0. The summed E-state index contributed by atoms with van der Waals surface area (Å²) in [4.78, 5) is 12.9. The van der Waals surface area contributed by atoms with Crippen LogP contribution in [0.1, 0.15) is 0 Å². The van der Waals surface area contributed by atoms with E-state index >= 15 is 0 Å². The zero-order valence-corrected chi connectivity index (χ0v) is 4.65. The molecule has 0 saturated heterocycles. The van der Waals surface area contributed by atoms with E-state index in [1.165, 1.54) is 0 Å². The fourth-order valence-electron chi connectivity index (χ4n) is 0.611. The van der Waals surface area contributed by atoms with Gasteiger partial charge in [-0.05, 0) is 4.92 Å². The Labute approximate surface area is 51.1 Å². The van der Waals surface area contributed by atoms with E-state index in [-0.39, 0.29) is 5.96 Å². The quantitative estimate of drug-likeness (QED) is 0.254. The number of nitrogens with two attached hydrogens (primary N) is 1. The number of hydrazine groups is 1. The van der Waals surface area contributed by atoms with Gasteiger partial charge in [-0.2, -0.15) is 10.9 Å². The van der Waals surface area contributed by atoms with E-state index in [0.717, 1.165) is 5.01 Å². The molecule has 1 rings (SSSR count). The van der Waals surface area contributed by atoms with E-state index in [0.29, 0.717) is 13.1 Å². The third-order valence-corrected chi connectivity index (χ3v) is 1.01. The minimum absolute atomic E-state index is 0.241. The highest BCUT2D eigenvalue weighted by Crippen LogP contribution is 1.94. The van der Waals surface area contributed by atoms with Crippen molar-refractivity contribution >= 4 is 5.96 Å².